The number of halogens is 1. The Bertz CT molecular complexity index is 146. The third kappa shape index (κ3) is 3.54. The zero-order valence-corrected chi connectivity index (χ0v) is 8.60. The van der Waals surface area contributed by atoms with Gasteiger partial charge in [0.25, 0.3) is 0 Å². The summed E-state index contributed by atoms with van der Waals surface area (Å²) in [7, 11) is 0. The average Bonchev–Trinajstić information content (AvgIpc) is 2.16. The van der Waals surface area contributed by atoms with Crippen molar-refractivity contribution in [1.82, 2.24) is 5.32 Å². The van der Waals surface area contributed by atoms with Gasteiger partial charge in [0.2, 0.25) is 5.91 Å². The van der Waals surface area contributed by atoms with Crippen molar-refractivity contribution in [2.24, 2.45) is 0 Å². The number of rotatable bonds is 3. The molecule has 4 heteroatoms. The average molecular weight is 236 g/mol. The molecule has 12 heavy (non-hydrogen) atoms. The van der Waals surface area contributed by atoms with Crippen molar-refractivity contribution in [3.63, 3.8) is 0 Å². The largest absolute Gasteiger partial charge is 0.376 e. The molecule has 0 aromatic carbocycles. The van der Waals surface area contributed by atoms with Crippen LogP contribution in [0, 0.1) is 0 Å². The van der Waals surface area contributed by atoms with E-state index in [-0.39, 0.29) is 12.0 Å². The molecule has 0 aliphatic carbocycles. The van der Waals surface area contributed by atoms with Crippen LogP contribution in [-0.4, -0.2) is 30.5 Å². The number of amides is 1. The Balaban J connectivity index is 2.09. The van der Waals surface area contributed by atoms with Crippen LogP contribution in [0.15, 0.2) is 0 Å². The summed E-state index contributed by atoms with van der Waals surface area (Å²) in [6.45, 7) is 1.50. The second-order valence-corrected chi connectivity index (χ2v) is 3.49. The van der Waals surface area contributed by atoms with Gasteiger partial charge in [0.15, 0.2) is 0 Å². The van der Waals surface area contributed by atoms with Gasteiger partial charge in [0.1, 0.15) is 0 Å². The SMILES string of the molecule is O=C(CBr)NCC1CCCCO1. The highest BCUT2D eigenvalue weighted by Gasteiger charge is 2.13. The maximum absolute atomic E-state index is 10.8. The summed E-state index contributed by atoms with van der Waals surface area (Å²) in [4.78, 5) is 10.8. The smallest absolute Gasteiger partial charge is 0.230 e. The van der Waals surface area contributed by atoms with Crippen molar-refractivity contribution in [3.8, 4) is 0 Å². The van der Waals surface area contributed by atoms with Gasteiger partial charge in [-0.2, -0.15) is 0 Å². The molecular weight excluding hydrogens is 222 g/mol. The maximum Gasteiger partial charge on any atom is 0.230 e. The molecule has 0 bridgehead atoms. The van der Waals surface area contributed by atoms with E-state index in [0.29, 0.717) is 11.9 Å². The van der Waals surface area contributed by atoms with Gasteiger partial charge in [-0.1, -0.05) is 15.9 Å². The molecule has 1 heterocycles. The van der Waals surface area contributed by atoms with Crippen molar-refractivity contribution in [2.45, 2.75) is 25.4 Å². The van der Waals surface area contributed by atoms with Crippen LogP contribution in [0.25, 0.3) is 0 Å². The Hall–Kier alpha value is -0.0900. The summed E-state index contributed by atoms with van der Waals surface area (Å²) in [5.41, 5.74) is 0. The molecule has 0 saturated carbocycles. The lowest BCUT2D eigenvalue weighted by molar-refractivity contribution is -0.119. The Morgan fingerprint density at radius 1 is 1.58 bits per heavy atom. The van der Waals surface area contributed by atoms with Crippen LogP contribution in [0.4, 0.5) is 0 Å². The molecule has 0 spiro atoms. The Kier molecular flexibility index (Phi) is 4.61. The van der Waals surface area contributed by atoms with Crippen molar-refractivity contribution in [3.05, 3.63) is 0 Å². The van der Waals surface area contributed by atoms with Crippen LogP contribution in [-0.2, 0) is 9.53 Å². The van der Waals surface area contributed by atoms with Crippen LogP contribution < -0.4 is 5.32 Å². The molecule has 0 aromatic rings. The van der Waals surface area contributed by atoms with Crippen LogP contribution in [0.3, 0.4) is 0 Å². The lowest BCUT2D eigenvalue weighted by Gasteiger charge is -2.22. The van der Waals surface area contributed by atoms with Gasteiger partial charge in [-0.05, 0) is 19.3 Å². The second-order valence-electron chi connectivity index (χ2n) is 2.93. The fourth-order valence-corrected chi connectivity index (χ4v) is 1.44. The van der Waals surface area contributed by atoms with E-state index in [9.17, 15) is 4.79 Å². The molecule has 0 aromatic heterocycles. The zero-order chi connectivity index (χ0) is 8.81. The standard InChI is InChI=1S/C8H14BrNO2/c9-5-8(11)10-6-7-3-1-2-4-12-7/h7H,1-6H2,(H,10,11). The summed E-state index contributed by atoms with van der Waals surface area (Å²) in [6, 6.07) is 0. The molecule has 3 nitrogen and oxygen atoms in total. The van der Waals surface area contributed by atoms with E-state index in [1.54, 1.807) is 0 Å². The predicted octanol–water partition coefficient (Wildman–Crippen LogP) is 1.07. The van der Waals surface area contributed by atoms with Gasteiger partial charge < -0.3 is 10.1 Å². The highest BCUT2D eigenvalue weighted by molar-refractivity contribution is 9.09. The number of carbonyl (C=O) groups is 1. The highest BCUT2D eigenvalue weighted by atomic mass is 79.9. The van der Waals surface area contributed by atoms with Crippen molar-refractivity contribution in [2.75, 3.05) is 18.5 Å². The molecule has 1 aliphatic heterocycles. The van der Waals surface area contributed by atoms with Gasteiger partial charge >= 0.3 is 0 Å². The van der Waals surface area contributed by atoms with E-state index in [1.807, 2.05) is 0 Å². The molecule has 1 atom stereocenters. The maximum atomic E-state index is 10.8. The van der Waals surface area contributed by atoms with Crippen LogP contribution in [0.1, 0.15) is 19.3 Å². The quantitative estimate of drug-likeness (QED) is 0.744. The summed E-state index contributed by atoms with van der Waals surface area (Å²) in [6.07, 6.45) is 3.68. The van der Waals surface area contributed by atoms with Gasteiger partial charge in [-0.25, -0.2) is 0 Å². The zero-order valence-electron chi connectivity index (χ0n) is 7.01. The second kappa shape index (κ2) is 5.54. The van der Waals surface area contributed by atoms with Crippen molar-refractivity contribution < 1.29 is 9.53 Å². The molecule has 1 fully saturated rings. The minimum Gasteiger partial charge on any atom is -0.376 e. The first-order valence-corrected chi connectivity index (χ1v) is 5.39. The van der Waals surface area contributed by atoms with E-state index in [4.69, 9.17) is 4.74 Å². The molecular formula is C8H14BrNO2. The molecule has 70 valence electrons. The summed E-state index contributed by atoms with van der Waals surface area (Å²) >= 11 is 3.09. The first-order chi connectivity index (χ1) is 5.83. The minimum absolute atomic E-state index is 0.0316. The number of nitrogens with one attached hydrogen (secondary N) is 1. The van der Waals surface area contributed by atoms with Crippen LogP contribution >= 0.6 is 15.9 Å². The normalized spacial score (nSPS) is 23.6. The van der Waals surface area contributed by atoms with E-state index in [0.717, 1.165) is 19.4 Å². The molecule has 1 N–H and O–H groups in total. The number of alkyl halides is 1. The van der Waals surface area contributed by atoms with Gasteiger partial charge in [0, 0.05) is 13.2 Å². The summed E-state index contributed by atoms with van der Waals surface area (Å²) in [5, 5.41) is 3.17. The highest BCUT2D eigenvalue weighted by Crippen LogP contribution is 2.11. The fraction of sp³-hybridized carbons (Fsp3) is 0.875. The number of hydrogen-bond acceptors (Lipinski definition) is 2. The fourth-order valence-electron chi connectivity index (χ4n) is 1.24. The first kappa shape index (κ1) is 9.99. The molecule has 0 radical (unpaired) electrons. The lowest BCUT2D eigenvalue weighted by Crippen LogP contribution is -2.35. The summed E-state index contributed by atoms with van der Waals surface area (Å²) in [5.74, 6) is 0.0316. The number of carbonyl (C=O) groups excluding carboxylic acids is 1. The summed E-state index contributed by atoms with van der Waals surface area (Å²) < 4.78 is 5.44. The third-order valence-electron chi connectivity index (χ3n) is 1.92. The van der Waals surface area contributed by atoms with Crippen molar-refractivity contribution >= 4 is 21.8 Å². The topological polar surface area (TPSA) is 38.3 Å². The monoisotopic (exact) mass is 235 g/mol. The first-order valence-electron chi connectivity index (χ1n) is 4.27. The molecule has 1 aliphatic rings. The predicted molar refractivity (Wildman–Crippen MR) is 50.4 cm³/mol. The van der Waals surface area contributed by atoms with Crippen LogP contribution in [0.2, 0.25) is 0 Å². The Morgan fingerprint density at radius 3 is 3.00 bits per heavy atom. The molecule has 1 unspecified atom stereocenters. The van der Waals surface area contributed by atoms with E-state index in [2.05, 4.69) is 21.2 Å². The lowest BCUT2D eigenvalue weighted by atomic mass is 10.1. The van der Waals surface area contributed by atoms with E-state index >= 15 is 0 Å². The molecule has 1 amide bonds. The Labute approximate surface area is 81.0 Å². The third-order valence-corrected chi connectivity index (χ3v) is 2.43. The van der Waals surface area contributed by atoms with Gasteiger partial charge in [-0.15, -0.1) is 0 Å². The number of hydrogen-bond donors (Lipinski definition) is 1. The van der Waals surface area contributed by atoms with Gasteiger partial charge in [-0.3, -0.25) is 4.79 Å². The number of ether oxygens (including phenoxy) is 1. The van der Waals surface area contributed by atoms with E-state index < -0.39 is 0 Å². The minimum atomic E-state index is 0.0316. The Morgan fingerprint density at radius 2 is 2.42 bits per heavy atom. The molecule has 1 rings (SSSR count). The van der Waals surface area contributed by atoms with E-state index in [1.165, 1.54) is 6.42 Å². The van der Waals surface area contributed by atoms with Crippen LogP contribution in [0.5, 0.6) is 0 Å². The van der Waals surface area contributed by atoms with Crippen molar-refractivity contribution in [1.29, 1.82) is 0 Å². The molecule has 1 saturated heterocycles. The van der Waals surface area contributed by atoms with Gasteiger partial charge in [0.05, 0.1) is 11.4 Å².